The van der Waals surface area contributed by atoms with Gasteiger partial charge in [-0.3, -0.25) is 9.59 Å². The van der Waals surface area contributed by atoms with Crippen molar-refractivity contribution in [3.63, 3.8) is 0 Å². The number of hydrogen-bond acceptors (Lipinski definition) is 4. The van der Waals surface area contributed by atoms with Crippen LogP contribution in [0.3, 0.4) is 0 Å². The van der Waals surface area contributed by atoms with Gasteiger partial charge < -0.3 is 10.8 Å². The zero-order valence-electron chi connectivity index (χ0n) is 12.3. The van der Waals surface area contributed by atoms with E-state index in [1.807, 2.05) is 0 Å². The zero-order valence-corrected chi connectivity index (χ0v) is 13.1. The van der Waals surface area contributed by atoms with Crippen molar-refractivity contribution in [2.75, 3.05) is 0 Å². The van der Waals surface area contributed by atoms with Gasteiger partial charge in [0.15, 0.2) is 0 Å². The minimum atomic E-state index is -4.05. The smallest absolute Gasteiger partial charge is 0.325 e. The quantitative estimate of drug-likeness (QED) is 0.801. The van der Waals surface area contributed by atoms with Gasteiger partial charge in [-0.15, -0.1) is 0 Å². The van der Waals surface area contributed by atoms with Gasteiger partial charge in [0.05, 0.1) is 4.90 Å². The number of hydrogen-bond donors (Lipinski definition) is 2. The molecule has 1 aliphatic carbocycles. The van der Waals surface area contributed by atoms with Crippen molar-refractivity contribution in [2.45, 2.75) is 43.2 Å². The van der Waals surface area contributed by atoms with Crippen molar-refractivity contribution >= 4 is 21.9 Å². The first-order valence-electron chi connectivity index (χ1n) is 6.81. The van der Waals surface area contributed by atoms with Gasteiger partial charge in [-0.05, 0) is 44.9 Å². The highest BCUT2D eigenvalue weighted by Crippen LogP contribution is 2.46. The molecule has 7 nitrogen and oxygen atoms in total. The van der Waals surface area contributed by atoms with Gasteiger partial charge in [-0.2, -0.15) is 4.31 Å². The van der Waals surface area contributed by atoms with Gasteiger partial charge in [0.2, 0.25) is 15.9 Å². The van der Waals surface area contributed by atoms with Crippen LogP contribution in [0, 0.1) is 0 Å². The lowest BCUT2D eigenvalue weighted by molar-refractivity contribution is -0.143. The van der Waals surface area contributed by atoms with Gasteiger partial charge >= 0.3 is 5.97 Å². The molecule has 1 aromatic carbocycles. The molecule has 1 fully saturated rings. The minimum absolute atomic E-state index is 0.0601. The van der Waals surface area contributed by atoms with Crippen molar-refractivity contribution in [3.8, 4) is 0 Å². The van der Waals surface area contributed by atoms with Crippen molar-refractivity contribution in [2.24, 2.45) is 5.73 Å². The number of carboxylic acid groups (broad SMARTS) is 1. The van der Waals surface area contributed by atoms with Crippen LogP contribution in [-0.4, -0.2) is 41.3 Å². The Bertz CT molecular complexity index is 723. The Labute approximate surface area is 128 Å². The third-order valence-corrected chi connectivity index (χ3v) is 5.83. The molecule has 0 spiro atoms. The maximum atomic E-state index is 12.9. The summed E-state index contributed by atoms with van der Waals surface area (Å²) in [6.07, 6.45) is 0.546. The second-order valence-corrected chi connectivity index (χ2v) is 7.44. The molecule has 1 aliphatic rings. The van der Waals surface area contributed by atoms with Crippen LogP contribution in [-0.2, 0) is 14.8 Å². The van der Waals surface area contributed by atoms with Crippen molar-refractivity contribution in [1.29, 1.82) is 0 Å². The van der Waals surface area contributed by atoms with E-state index in [0.29, 0.717) is 0 Å². The number of carbonyl (C=O) groups excluding carboxylic acids is 1. The number of aliphatic carboxylic acids is 1. The number of primary amides is 1. The molecule has 22 heavy (non-hydrogen) atoms. The lowest BCUT2D eigenvalue weighted by Gasteiger charge is -2.31. The second-order valence-electron chi connectivity index (χ2n) is 5.62. The van der Waals surface area contributed by atoms with E-state index in [-0.39, 0.29) is 23.3 Å². The fourth-order valence-corrected chi connectivity index (χ4v) is 4.60. The van der Waals surface area contributed by atoms with Crippen LogP contribution in [0.25, 0.3) is 0 Å². The summed E-state index contributed by atoms with van der Waals surface area (Å²) >= 11 is 0. The molecule has 0 atom stereocenters. The predicted octanol–water partition coefficient (Wildman–Crippen LogP) is 0.802. The van der Waals surface area contributed by atoms with Crippen LogP contribution in [0.15, 0.2) is 29.2 Å². The molecule has 0 unspecified atom stereocenters. The summed E-state index contributed by atoms with van der Waals surface area (Å²) in [6, 6.07) is 4.79. The average Bonchev–Trinajstić information content (AvgIpc) is 3.19. The number of nitrogens with two attached hydrogens (primary N) is 1. The third kappa shape index (κ3) is 2.59. The monoisotopic (exact) mass is 326 g/mol. The summed E-state index contributed by atoms with van der Waals surface area (Å²) in [7, 11) is -4.05. The number of sulfonamides is 1. The highest BCUT2D eigenvalue weighted by Gasteiger charge is 2.60. The Morgan fingerprint density at radius 2 is 1.91 bits per heavy atom. The topological polar surface area (TPSA) is 118 Å². The van der Waals surface area contributed by atoms with E-state index in [2.05, 4.69) is 0 Å². The summed E-state index contributed by atoms with van der Waals surface area (Å²) in [4.78, 5) is 22.6. The molecule has 0 aromatic heterocycles. The SMILES string of the molecule is CC(C)N(C1(C(=O)O)CC1)S(=O)(=O)c1cccc(C(N)=O)c1. The molecule has 8 heteroatoms. The first kappa shape index (κ1) is 16.4. The number of nitrogens with zero attached hydrogens (tertiary/aromatic N) is 1. The highest BCUT2D eigenvalue weighted by atomic mass is 32.2. The van der Waals surface area contributed by atoms with Crippen molar-refractivity contribution in [3.05, 3.63) is 29.8 Å². The molecule has 0 bridgehead atoms. The molecule has 0 saturated heterocycles. The molecular formula is C14H18N2O5S. The Kier molecular flexibility index (Phi) is 4.01. The highest BCUT2D eigenvalue weighted by molar-refractivity contribution is 7.89. The minimum Gasteiger partial charge on any atom is -0.480 e. The van der Waals surface area contributed by atoms with Crippen molar-refractivity contribution in [1.82, 2.24) is 4.31 Å². The van der Waals surface area contributed by atoms with Crippen LogP contribution in [0.5, 0.6) is 0 Å². The Morgan fingerprint density at radius 1 is 1.32 bits per heavy atom. The number of benzene rings is 1. The molecule has 3 N–H and O–H groups in total. The number of rotatable bonds is 6. The van der Waals surface area contributed by atoms with Gasteiger partial charge in [0, 0.05) is 11.6 Å². The molecule has 0 radical (unpaired) electrons. The number of carbonyl (C=O) groups is 2. The fraction of sp³-hybridized carbons (Fsp3) is 0.429. The molecular weight excluding hydrogens is 308 g/mol. The summed E-state index contributed by atoms with van der Waals surface area (Å²) in [5.41, 5.74) is 3.83. The van der Waals surface area contributed by atoms with Crippen LogP contribution in [0.2, 0.25) is 0 Å². The van der Waals surface area contributed by atoms with Gasteiger partial charge in [-0.1, -0.05) is 6.07 Å². The van der Waals surface area contributed by atoms with Gasteiger partial charge in [0.1, 0.15) is 5.54 Å². The van der Waals surface area contributed by atoms with E-state index in [0.717, 1.165) is 4.31 Å². The second kappa shape index (κ2) is 5.36. The summed E-state index contributed by atoms with van der Waals surface area (Å²) in [5, 5.41) is 9.40. The fourth-order valence-electron chi connectivity index (χ4n) is 2.57. The first-order chi connectivity index (χ1) is 10.1. The molecule has 1 aromatic rings. The van der Waals surface area contributed by atoms with E-state index < -0.39 is 33.5 Å². The summed E-state index contributed by atoms with van der Waals surface area (Å²) in [5.74, 6) is -1.90. The Morgan fingerprint density at radius 3 is 2.32 bits per heavy atom. The number of carboxylic acids is 1. The largest absolute Gasteiger partial charge is 0.480 e. The van der Waals surface area contributed by atoms with Crippen molar-refractivity contribution < 1.29 is 23.1 Å². The molecule has 0 heterocycles. The Balaban J connectivity index is 2.54. The normalized spacial score (nSPS) is 16.7. The number of amides is 1. The zero-order chi connectivity index (χ0) is 16.7. The van der Waals surface area contributed by atoms with Gasteiger partial charge in [0.25, 0.3) is 0 Å². The average molecular weight is 326 g/mol. The van der Waals surface area contributed by atoms with E-state index in [9.17, 15) is 23.1 Å². The molecule has 120 valence electrons. The maximum absolute atomic E-state index is 12.9. The first-order valence-corrected chi connectivity index (χ1v) is 8.25. The van der Waals surface area contributed by atoms with Crippen LogP contribution < -0.4 is 5.73 Å². The predicted molar refractivity (Wildman–Crippen MR) is 78.7 cm³/mol. The third-order valence-electron chi connectivity index (χ3n) is 3.69. The van der Waals surface area contributed by atoms with Gasteiger partial charge in [-0.25, -0.2) is 8.42 Å². The maximum Gasteiger partial charge on any atom is 0.325 e. The van der Waals surface area contributed by atoms with Crippen LogP contribution in [0.1, 0.15) is 37.0 Å². The van der Waals surface area contributed by atoms with E-state index in [4.69, 9.17) is 5.73 Å². The lowest BCUT2D eigenvalue weighted by atomic mass is 10.2. The Hall–Kier alpha value is -1.93. The van der Waals surface area contributed by atoms with Crippen LogP contribution in [0.4, 0.5) is 0 Å². The lowest BCUT2D eigenvalue weighted by Crippen LogP contribution is -2.50. The molecule has 2 rings (SSSR count). The van der Waals surface area contributed by atoms with E-state index in [1.54, 1.807) is 13.8 Å². The molecule has 0 aliphatic heterocycles. The molecule has 1 amide bonds. The summed E-state index contributed by atoms with van der Waals surface area (Å²) in [6.45, 7) is 3.25. The van der Waals surface area contributed by atoms with E-state index >= 15 is 0 Å². The summed E-state index contributed by atoms with van der Waals surface area (Å²) < 4.78 is 26.7. The van der Waals surface area contributed by atoms with Crippen LogP contribution >= 0.6 is 0 Å². The van der Waals surface area contributed by atoms with E-state index in [1.165, 1.54) is 24.3 Å². The molecule has 1 saturated carbocycles. The standard InChI is InChI=1S/C14H18N2O5S/c1-9(2)16(14(6-7-14)13(18)19)22(20,21)11-5-3-4-10(8-11)12(15)17/h3-5,8-9H,6-7H2,1-2H3,(H2,15,17)(H,18,19).